The van der Waals surface area contributed by atoms with Crippen molar-refractivity contribution in [2.24, 2.45) is 0 Å². The molecule has 0 radical (unpaired) electrons. The van der Waals surface area contributed by atoms with Gasteiger partial charge >= 0.3 is 0 Å². The lowest BCUT2D eigenvalue weighted by atomic mass is 9.95. The molecule has 134 valence electrons. The van der Waals surface area contributed by atoms with Crippen LogP contribution in [0.2, 0.25) is 0 Å². The zero-order chi connectivity index (χ0) is 18.3. The minimum atomic E-state index is -0.233. The van der Waals surface area contributed by atoms with Crippen LogP contribution in [-0.4, -0.2) is 16.9 Å². The van der Waals surface area contributed by atoms with Gasteiger partial charge in [-0.3, -0.25) is 4.79 Å². The maximum absolute atomic E-state index is 12.7. The highest BCUT2D eigenvalue weighted by Crippen LogP contribution is 2.27. The van der Waals surface area contributed by atoms with E-state index in [1.165, 1.54) is 11.1 Å². The van der Waals surface area contributed by atoms with Crippen LogP contribution in [0.5, 0.6) is 0 Å². The van der Waals surface area contributed by atoms with Gasteiger partial charge in [-0.25, -0.2) is 4.98 Å². The van der Waals surface area contributed by atoms with Gasteiger partial charge in [0.2, 0.25) is 11.8 Å². The molecular formula is C21H23N3O2. The lowest BCUT2D eigenvalue weighted by Gasteiger charge is -2.25. The van der Waals surface area contributed by atoms with Crippen molar-refractivity contribution in [2.75, 3.05) is 5.32 Å². The van der Waals surface area contributed by atoms with E-state index in [2.05, 4.69) is 48.5 Å². The second-order valence-electron chi connectivity index (χ2n) is 7.85. The van der Waals surface area contributed by atoms with Crippen LogP contribution in [0.15, 0.2) is 46.9 Å². The number of fused-ring (bicyclic) bond motifs is 2. The first-order valence-corrected chi connectivity index (χ1v) is 8.92. The molecule has 0 aliphatic carbocycles. The van der Waals surface area contributed by atoms with E-state index in [1.54, 1.807) is 0 Å². The summed E-state index contributed by atoms with van der Waals surface area (Å²) in [5.74, 6) is 0.667. The predicted molar refractivity (Wildman–Crippen MR) is 102 cm³/mol. The molecule has 5 heteroatoms. The van der Waals surface area contributed by atoms with E-state index >= 15 is 0 Å². The Bertz CT molecular complexity index is 969. The van der Waals surface area contributed by atoms with Gasteiger partial charge in [-0.05, 0) is 35.7 Å². The number of rotatable bonds is 2. The molecule has 2 heterocycles. The van der Waals surface area contributed by atoms with E-state index in [-0.39, 0.29) is 17.4 Å². The Morgan fingerprint density at radius 2 is 1.96 bits per heavy atom. The van der Waals surface area contributed by atoms with Crippen molar-refractivity contribution >= 4 is 22.7 Å². The fourth-order valence-corrected chi connectivity index (χ4v) is 3.20. The highest BCUT2D eigenvalue weighted by Gasteiger charge is 2.24. The van der Waals surface area contributed by atoms with Crippen LogP contribution in [-0.2, 0) is 23.2 Å². The number of hydrogen-bond acceptors (Lipinski definition) is 4. The fourth-order valence-electron chi connectivity index (χ4n) is 3.20. The second-order valence-corrected chi connectivity index (χ2v) is 7.85. The van der Waals surface area contributed by atoms with Crippen LogP contribution < -0.4 is 10.6 Å². The van der Waals surface area contributed by atoms with Crippen molar-refractivity contribution in [1.29, 1.82) is 0 Å². The van der Waals surface area contributed by atoms with Crippen LogP contribution >= 0.6 is 0 Å². The average Bonchev–Trinajstić information content (AvgIpc) is 3.05. The molecule has 1 unspecified atom stereocenters. The first kappa shape index (κ1) is 16.8. The first-order valence-electron chi connectivity index (χ1n) is 8.92. The number of anilines is 1. The Balaban J connectivity index is 1.51. The first-order chi connectivity index (χ1) is 12.4. The number of nitrogens with one attached hydrogen (secondary N) is 2. The summed E-state index contributed by atoms with van der Waals surface area (Å²) < 4.78 is 5.81. The van der Waals surface area contributed by atoms with Gasteiger partial charge in [-0.15, -0.1) is 0 Å². The summed E-state index contributed by atoms with van der Waals surface area (Å²) in [7, 11) is 0. The zero-order valence-corrected chi connectivity index (χ0v) is 15.3. The van der Waals surface area contributed by atoms with Crippen molar-refractivity contribution in [3.8, 4) is 0 Å². The smallest absolute Gasteiger partial charge is 0.241 e. The van der Waals surface area contributed by atoms with Crippen LogP contribution in [0.4, 0.5) is 5.69 Å². The SMILES string of the molecule is CC(C)(C)c1nc2cc(NC(=O)C3Cc4ccccc4CN3)ccc2o1. The molecule has 3 aromatic rings. The number of aromatic nitrogens is 1. The number of carbonyl (C=O) groups excluding carboxylic acids is 1. The summed E-state index contributed by atoms with van der Waals surface area (Å²) in [6, 6.07) is 13.6. The van der Waals surface area contributed by atoms with Gasteiger partial charge in [0, 0.05) is 17.6 Å². The molecule has 2 N–H and O–H groups in total. The maximum Gasteiger partial charge on any atom is 0.241 e. The summed E-state index contributed by atoms with van der Waals surface area (Å²) in [5.41, 5.74) is 4.56. The van der Waals surface area contributed by atoms with Gasteiger partial charge < -0.3 is 15.1 Å². The monoisotopic (exact) mass is 349 g/mol. The number of oxazole rings is 1. The highest BCUT2D eigenvalue weighted by atomic mass is 16.3. The Hall–Kier alpha value is -2.66. The van der Waals surface area contributed by atoms with E-state index in [0.717, 1.165) is 16.8 Å². The lowest BCUT2D eigenvalue weighted by molar-refractivity contribution is -0.118. The molecule has 0 saturated heterocycles. The van der Waals surface area contributed by atoms with Gasteiger partial charge in [0.1, 0.15) is 5.52 Å². The van der Waals surface area contributed by atoms with Gasteiger partial charge in [0.05, 0.1) is 6.04 Å². The summed E-state index contributed by atoms with van der Waals surface area (Å²) in [5, 5.41) is 6.31. The molecule has 0 fully saturated rings. The Labute approximate surface area is 152 Å². The van der Waals surface area contributed by atoms with E-state index in [4.69, 9.17) is 4.42 Å². The third kappa shape index (κ3) is 3.22. The largest absolute Gasteiger partial charge is 0.440 e. The Morgan fingerprint density at radius 3 is 2.73 bits per heavy atom. The van der Waals surface area contributed by atoms with Crippen LogP contribution in [0.25, 0.3) is 11.1 Å². The molecule has 5 nitrogen and oxygen atoms in total. The van der Waals surface area contributed by atoms with Crippen molar-refractivity contribution in [3.63, 3.8) is 0 Å². The van der Waals surface area contributed by atoms with E-state index in [9.17, 15) is 4.79 Å². The van der Waals surface area contributed by atoms with E-state index in [1.807, 2.05) is 30.3 Å². The molecule has 1 aliphatic heterocycles. The highest BCUT2D eigenvalue weighted by molar-refractivity contribution is 5.96. The summed E-state index contributed by atoms with van der Waals surface area (Å²) in [4.78, 5) is 17.2. The van der Waals surface area contributed by atoms with Crippen molar-refractivity contribution < 1.29 is 9.21 Å². The second kappa shape index (κ2) is 6.25. The van der Waals surface area contributed by atoms with Crippen molar-refractivity contribution in [1.82, 2.24) is 10.3 Å². The predicted octanol–water partition coefficient (Wildman–Crippen LogP) is 3.78. The molecule has 4 rings (SSSR count). The van der Waals surface area contributed by atoms with Gasteiger partial charge in [0.15, 0.2) is 5.58 Å². The molecule has 1 aromatic heterocycles. The molecule has 26 heavy (non-hydrogen) atoms. The zero-order valence-electron chi connectivity index (χ0n) is 15.3. The molecule has 0 bridgehead atoms. The third-order valence-corrected chi connectivity index (χ3v) is 4.69. The molecular weight excluding hydrogens is 326 g/mol. The average molecular weight is 349 g/mol. The Kier molecular flexibility index (Phi) is 4.04. The van der Waals surface area contributed by atoms with E-state index < -0.39 is 0 Å². The minimum absolute atomic E-state index is 0.0293. The Morgan fingerprint density at radius 1 is 1.19 bits per heavy atom. The number of carbonyl (C=O) groups is 1. The van der Waals surface area contributed by atoms with Crippen LogP contribution in [0, 0.1) is 0 Å². The standard InChI is InChI=1S/C21H23N3O2/c1-21(2,3)20-24-16-11-15(8-9-18(16)26-20)23-19(25)17-10-13-6-4-5-7-14(13)12-22-17/h4-9,11,17,22H,10,12H2,1-3H3,(H,23,25). The molecule has 1 atom stereocenters. The van der Waals surface area contributed by atoms with Gasteiger partial charge in [0.25, 0.3) is 0 Å². The normalized spacial score (nSPS) is 17.1. The number of amides is 1. The fraction of sp³-hybridized carbons (Fsp3) is 0.333. The molecule has 1 aliphatic rings. The third-order valence-electron chi connectivity index (χ3n) is 4.69. The van der Waals surface area contributed by atoms with E-state index in [0.29, 0.717) is 18.9 Å². The van der Waals surface area contributed by atoms with Crippen LogP contribution in [0.3, 0.4) is 0 Å². The van der Waals surface area contributed by atoms with Crippen molar-refractivity contribution in [2.45, 2.75) is 45.2 Å². The van der Waals surface area contributed by atoms with Gasteiger partial charge in [-0.2, -0.15) is 0 Å². The maximum atomic E-state index is 12.7. The number of benzene rings is 2. The minimum Gasteiger partial charge on any atom is -0.440 e. The number of nitrogens with zero attached hydrogens (tertiary/aromatic N) is 1. The quantitative estimate of drug-likeness (QED) is 0.739. The summed E-state index contributed by atoms with van der Waals surface area (Å²) in [6.45, 7) is 6.90. The molecule has 0 saturated carbocycles. The lowest BCUT2D eigenvalue weighted by Crippen LogP contribution is -2.44. The number of hydrogen-bond donors (Lipinski definition) is 2. The summed E-state index contributed by atoms with van der Waals surface area (Å²) >= 11 is 0. The topological polar surface area (TPSA) is 67.2 Å². The molecule has 1 amide bonds. The van der Waals surface area contributed by atoms with Crippen molar-refractivity contribution in [3.05, 3.63) is 59.5 Å². The summed E-state index contributed by atoms with van der Waals surface area (Å²) in [6.07, 6.45) is 0.697. The molecule has 0 spiro atoms. The molecule has 2 aromatic carbocycles. The van der Waals surface area contributed by atoms with Gasteiger partial charge in [-0.1, -0.05) is 45.0 Å². The van der Waals surface area contributed by atoms with Crippen LogP contribution in [0.1, 0.15) is 37.8 Å².